The number of hydrogen-bond acceptors (Lipinski definition) is 5. The van der Waals surface area contributed by atoms with Crippen molar-refractivity contribution in [3.8, 4) is 56.7 Å². The van der Waals surface area contributed by atoms with Gasteiger partial charge in [-0.25, -0.2) is 15.0 Å². The highest BCUT2D eigenvalue weighted by Gasteiger charge is 2.44. The highest BCUT2D eigenvalue weighted by molar-refractivity contribution is 7.26. The Labute approximate surface area is 763 Å². The number of para-hydroxylation sites is 9. The van der Waals surface area contributed by atoms with E-state index in [0.717, 1.165) is 128 Å². The SMILES string of the molecule is c1ccc([Si](c2ccccc2)(c2cccc(-c3cc(-n4c5ccccc5c5ccccc54)nc(-n4c5ccccc5c5ccc(-c6cccc([Si](c7ccccc7)(c7cccc(-c8cc(-n9c%10ccccc%10c%10ccccc%109)nc(-n9c%10ccccc%10n%10c%11ccccc%11nc9%10)c8)c7)c7ccc8sc9ccccc9c8c7)c6)cc54)c3)c2)c2ccc3sc4ccccc4c3c2)cc1. The van der Waals surface area contributed by atoms with Gasteiger partial charge >= 0.3 is 0 Å². The van der Waals surface area contributed by atoms with Gasteiger partial charge in [0.1, 0.15) is 23.3 Å². The Balaban J connectivity index is 0.673. The van der Waals surface area contributed by atoms with Crippen LogP contribution in [0.25, 0.3) is 190 Å². The van der Waals surface area contributed by atoms with E-state index in [1.807, 2.05) is 22.7 Å². The maximum absolute atomic E-state index is 6.05. The first kappa shape index (κ1) is 75.0. The first-order valence-electron chi connectivity index (χ1n) is 44.7. The molecule has 1 atom stereocenters. The van der Waals surface area contributed by atoms with Crippen molar-refractivity contribution in [2.24, 2.45) is 0 Å². The largest absolute Gasteiger partial charge is 0.294 e. The molecule has 9 heterocycles. The quantitative estimate of drug-likeness (QED) is 0.0759. The second-order valence-electron chi connectivity index (χ2n) is 34.5. The van der Waals surface area contributed by atoms with E-state index in [1.54, 1.807) is 0 Å². The van der Waals surface area contributed by atoms with E-state index < -0.39 is 16.1 Å². The number of pyridine rings is 2. The molecule has 0 N–H and O–H groups in total. The molecule has 1 unspecified atom stereocenters. The molecule has 0 aliphatic heterocycles. The molecule has 0 bridgehead atoms. The van der Waals surface area contributed by atoms with Crippen molar-refractivity contribution in [1.82, 2.24) is 37.6 Å². The standard InChI is InChI=1S/C119H76N8S2Si2/c1-4-34-83(35-5-1)130(84-36-6-2-7-37-84,89-62-65-113-99(75-89)97-48-15-26-59-111(97)128-113)86-40-29-32-78(68-86)81-71-115(123-102-51-18-10-43-91(102)92-44-11-19-52-103(92)123)121-117(73-81)125-106-55-22-14-47-95(106)96-64-61-80(70-110(96)125)77-31-28-41-87(67-77)131(85-38-8-3-9-39-85,90-63-66-114-100(76-90)98-49-16-27-60-112(98)129-114)88-42-30-33-79(69-88)82-72-116(124-104-53-20-12-45-93(104)94-46-13-21-54-105(94)124)122-118(74-82)127-109-58-25-24-57-108(109)126-107-56-23-17-50-101(107)120-119(126)127/h1-76H. The van der Waals surface area contributed by atoms with Crippen LogP contribution in [-0.2, 0) is 0 Å². The average molecular weight is 1740 g/mol. The lowest BCUT2D eigenvalue weighted by Crippen LogP contribution is -2.74. The van der Waals surface area contributed by atoms with Gasteiger partial charge in [-0.15, -0.1) is 22.7 Å². The van der Waals surface area contributed by atoms with E-state index in [9.17, 15) is 0 Å². The third-order valence-corrected chi connectivity index (χ3v) is 39.4. The lowest BCUT2D eigenvalue weighted by molar-refractivity contribution is 0.997. The van der Waals surface area contributed by atoms with E-state index in [1.165, 1.54) is 103 Å². The zero-order valence-corrected chi connectivity index (χ0v) is 74.4. The van der Waals surface area contributed by atoms with Crippen LogP contribution in [0.1, 0.15) is 0 Å². The number of fused-ring (bicyclic) bond motifs is 20. The zero-order valence-electron chi connectivity index (χ0n) is 70.8. The van der Waals surface area contributed by atoms with Crippen molar-refractivity contribution >= 4 is 214 Å². The van der Waals surface area contributed by atoms with Crippen LogP contribution >= 0.6 is 22.7 Å². The third-order valence-electron chi connectivity index (χ3n) is 27.6. The van der Waals surface area contributed by atoms with Crippen LogP contribution in [0.2, 0.25) is 0 Å². The van der Waals surface area contributed by atoms with Crippen molar-refractivity contribution in [1.29, 1.82) is 0 Å². The summed E-state index contributed by atoms with van der Waals surface area (Å²) in [5.41, 5.74) is 16.9. The van der Waals surface area contributed by atoms with E-state index in [0.29, 0.717) is 0 Å². The smallest absolute Gasteiger partial charge is 0.221 e. The van der Waals surface area contributed by atoms with Gasteiger partial charge in [-0.1, -0.05) is 352 Å². The van der Waals surface area contributed by atoms with Crippen LogP contribution in [0, 0.1) is 0 Å². The monoisotopic (exact) mass is 1740 g/mol. The number of hydrogen-bond donors (Lipinski definition) is 0. The summed E-state index contributed by atoms with van der Waals surface area (Å²) in [4.78, 5) is 17.3. The average Bonchev–Trinajstić information content (AvgIpc) is 1.39. The van der Waals surface area contributed by atoms with Gasteiger partial charge in [-0.3, -0.25) is 22.7 Å². The van der Waals surface area contributed by atoms with Gasteiger partial charge in [-0.05, 0) is 184 Å². The van der Waals surface area contributed by atoms with Crippen LogP contribution in [0.3, 0.4) is 0 Å². The molecular formula is C119H76N8S2Si2. The predicted octanol–water partition coefficient (Wildman–Crippen LogP) is 25.0. The summed E-state index contributed by atoms with van der Waals surface area (Å²) in [7, 11) is -6.65. The van der Waals surface area contributed by atoms with Crippen molar-refractivity contribution in [3.63, 3.8) is 0 Å². The topological polar surface area (TPSA) is 62.8 Å². The van der Waals surface area contributed by atoms with Gasteiger partial charge in [-0.2, -0.15) is 0 Å². The van der Waals surface area contributed by atoms with Crippen LogP contribution in [0.5, 0.6) is 0 Å². The summed E-state index contributed by atoms with van der Waals surface area (Å²) >= 11 is 3.74. The number of nitrogens with zero attached hydrogens (tertiary/aromatic N) is 8. The van der Waals surface area contributed by atoms with Gasteiger partial charge < -0.3 is 0 Å². The number of rotatable bonds is 15. The van der Waals surface area contributed by atoms with Crippen LogP contribution < -0.4 is 41.5 Å². The lowest BCUT2D eigenvalue weighted by atomic mass is 10.0. The second kappa shape index (κ2) is 29.7. The minimum atomic E-state index is -3.50. The number of imidazole rings is 2. The van der Waals surface area contributed by atoms with Crippen LogP contribution in [0.4, 0.5) is 0 Å². The van der Waals surface area contributed by atoms with Crippen LogP contribution in [-0.4, -0.2) is 53.8 Å². The maximum atomic E-state index is 6.05. The molecule has 0 saturated carbocycles. The predicted molar refractivity (Wildman–Crippen MR) is 557 cm³/mol. The molecule has 27 aromatic rings. The summed E-state index contributed by atoms with van der Waals surface area (Å²) in [5.74, 6) is 4.00. The molecule has 0 aliphatic carbocycles. The van der Waals surface area contributed by atoms with Gasteiger partial charge in [0.2, 0.25) is 5.78 Å². The second-order valence-corrected chi connectivity index (χ2v) is 44.3. The van der Waals surface area contributed by atoms with Crippen LogP contribution in [0.15, 0.2) is 461 Å². The fourth-order valence-electron chi connectivity index (χ4n) is 21.9. The molecule has 0 amide bonds. The first-order valence-corrected chi connectivity index (χ1v) is 50.3. The first-order chi connectivity index (χ1) is 64.9. The molecule has 0 saturated heterocycles. The molecule has 0 fully saturated rings. The number of aromatic nitrogens is 8. The van der Waals surface area contributed by atoms with E-state index >= 15 is 0 Å². The Morgan fingerprint density at radius 1 is 0.168 bits per heavy atom. The molecule has 27 rings (SSSR count). The molecule has 0 spiro atoms. The summed E-state index contributed by atoms with van der Waals surface area (Å²) in [6.07, 6.45) is 0. The van der Waals surface area contributed by atoms with Gasteiger partial charge in [0.05, 0.1) is 55.2 Å². The molecule has 12 heteroatoms. The summed E-state index contributed by atoms with van der Waals surface area (Å²) in [6, 6.07) is 173. The van der Waals surface area contributed by atoms with Crippen molar-refractivity contribution < 1.29 is 0 Å². The van der Waals surface area contributed by atoms with E-state index in [2.05, 4.69) is 484 Å². The number of benzene rings is 18. The van der Waals surface area contributed by atoms with Crippen molar-refractivity contribution in [2.75, 3.05) is 0 Å². The van der Waals surface area contributed by atoms with E-state index in [4.69, 9.17) is 15.0 Å². The normalized spacial score (nSPS) is 12.6. The number of thiophene rings is 2. The Kier molecular flexibility index (Phi) is 17.0. The van der Waals surface area contributed by atoms with Crippen molar-refractivity contribution in [3.05, 3.63) is 461 Å². The minimum absolute atomic E-state index is 0.761. The van der Waals surface area contributed by atoms with E-state index in [-0.39, 0.29) is 0 Å². The Bertz CT molecular complexity index is 9210. The lowest BCUT2D eigenvalue weighted by Gasteiger charge is -2.35. The van der Waals surface area contributed by atoms with Crippen molar-refractivity contribution in [2.45, 2.75) is 0 Å². The minimum Gasteiger partial charge on any atom is -0.294 e. The molecule has 9 aromatic heterocycles. The molecule has 0 radical (unpaired) electrons. The molecule has 131 heavy (non-hydrogen) atoms. The highest BCUT2D eigenvalue weighted by atomic mass is 32.1. The van der Waals surface area contributed by atoms with Gasteiger partial charge in [0.15, 0.2) is 16.1 Å². The van der Waals surface area contributed by atoms with Gasteiger partial charge in [0, 0.05) is 72.7 Å². The third kappa shape index (κ3) is 11.5. The molecule has 8 nitrogen and oxygen atoms in total. The maximum Gasteiger partial charge on any atom is 0.221 e. The van der Waals surface area contributed by atoms with Gasteiger partial charge in [0.25, 0.3) is 0 Å². The Morgan fingerprint density at radius 3 is 0.908 bits per heavy atom. The molecule has 0 aliphatic rings. The summed E-state index contributed by atoms with van der Waals surface area (Å²) in [5, 5.41) is 22.4. The molecule has 612 valence electrons. The fourth-order valence-corrected chi connectivity index (χ4v) is 33.7. The highest BCUT2D eigenvalue weighted by Crippen LogP contribution is 2.43. The Morgan fingerprint density at radius 2 is 0.473 bits per heavy atom. The summed E-state index contributed by atoms with van der Waals surface area (Å²) in [6.45, 7) is 0. The molecular weight excluding hydrogens is 1660 g/mol. The fraction of sp³-hybridized carbons (Fsp3) is 0. The Hall–Kier alpha value is -16.2. The summed E-state index contributed by atoms with van der Waals surface area (Å²) < 4.78 is 16.9. The molecule has 18 aromatic carbocycles. The zero-order chi connectivity index (χ0) is 86.0.